The Morgan fingerprint density at radius 2 is 1.96 bits per heavy atom. The molecule has 8 heteroatoms. The van der Waals surface area contributed by atoms with Gasteiger partial charge in [-0.3, -0.25) is 14.9 Å². The van der Waals surface area contributed by atoms with Gasteiger partial charge in [-0.25, -0.2) is 10.0 Å². The molecule has 2 aromatic carbocycles. The third kappa shape index (κ3) is 3.30. The molecule has 0 fully saturated rings. The number of hydrogen-bond acceptors (Lipinski definition) is 6. The molecule has 2 aromatic rings. The lowest BCUT2D eigenvalue weighted by atomic mass is 10.1. The highest BCUT2D eigenvalue weighted by molar-refractivity contribution is 9.10. The van der Waals surface area contributed by atoms with Crippen LogP contribution in [-0.2, 0) is 4.79 Å². The standard InChI is InChI=1S/C19H15BrN4O2S/c1-2-27-19-22-18(26)15-13-5-3-4-6-14(13)21-17(24(15)23-19)16(25)11-7-9-12(20)10-8-11/h3-10,17H,2H2,1H3,(H,22,23,26)/t17-/m1/s1. The maximum Gasteiger partial charge on any atom is 0.276 e. The summed E-state index contributed by atoms with van der Waals surface area (Å²) in [5, 5.41) is 10.5. The van der Waals surface area contributed by atoms with Crippen LogP contribution in [0.5, 0.6) is 0 Å². The molecule has 1 N–H and O–H groups in total. The van der Waals surface area contributed by atoms with E-state index in [1.807, 2.05) is 25.1 Å². The number of nitrogens with zero attached hydrogens (tertiary/aromatic N) is 3. The van der Waals surface area contributed by atoms with Crippen molar-refractivity contribution in [3.63, 3.8) is 0 Å². The molecule has 2 aliphatic heterocycles. The van der Waals surface area contributed by atoms with Gasteiger partial charge in [-0.05, 0) is 24.0 Å². The van der Waals surface area contributed by atoms with Crippen molar-refractivity contribution in [2.45, 2.75) is 13.1 Å². The minimum Gasteiger partial charge on any atom is -0.298 e. The lowest BCUT2D eigenvalue weighted by Crippen LogP contribution is -2.54. The van der Waals surface area contributed by atoms with E-state index in [-0.39, 0.29) is 11.7 Å². The number of fused-ring (bicyclic) bond motifs is 2. The number of carbonyl (C=O) groups is 2. The Morgan fingerprint density at radius 3 is 2.70 bits per heavy atom. The van der Waals surface area contributed by atoms with E-state index in [4.69, 9.17) is 0 Å². The van der Waals surface area contributed by atoms with Gasteiger partial charge in [-0.2, -0.15) is 0 Å². The summed E-state index contributed by atoms with van der Waals surface area (Å²) in [4.78, 5) is 30.6. The van der Waals surface area contributed by atoms with Crippen LogP contribution in [0.25, 0.3) is 5.70 Å². The van der Waals surface area contributed by atoms with Gasteiger partial charge in [0.1, 0.15) is 5.70 Å². The molecule has 27 heavy (non-hydrogen) atoms. The van der Waals surface area contributed by atoms with Gasteiger partial charge in [-0.1, -0.05) is 64.9 Å². The lowest BCUT2D eigenvalue weighted by Gasteiger charge is -2.33. The molecule has 0 aromatic heterocycles. The van der Waals surface area contributed by atoms with Crippen LogP contribution in [0.15, 0.2) is 63.1 Å². The van der Waals surface area contributed by atoms with Crippen LogP contribution in [-0.4, -0.2) is 33.8 Å². The Balaban J connectivity index is 1.88. The smallest absolute Gasteiger partial charge is 0.276 e. The molecule has 4 rings (SSSR count). The van der Waals surface area contributed by atoms with Crippen molar-refractivity contribution in [1.29, 1.82) is 0 Å². The Kier molecular flexibility index (Phi) is 4.84. The topological polar surface area (TPSA) is 74.1 Å². The minimum absolute atomic E-state index is 0.214. The monoisotopic (exact) mass is 442 g/mol. The third-order valence-electron chi connectivity index (χ3n) is 4.16. The largest absolute Gasteiger partial charge is 0.298 e. The van der Waals surface area contributed by atoms with Crippen LogP contribution in [0.4, 0.5) is 0 Å². The van der Waals surface area contributed by atoms with E-state index in [9.17, 15) is 9.59 Å². The number of hydrazone groups is 1. The molecule has 0 saturated heterocycles. The average molecular weight is 443 g/mol. The number of amides is 1. The predicted molar refractivity (Wildman–Crippen MR) is 108 cm³/mol. The number of Topliss-reactive ketones (excluding diaryl/α,β-unsaturated/α-hetero) is 1. The van der Waals surface area contributed by atoms with Crippen molar-refractivity contribution < 1.29 is 9.59 Å². The van der Waals surface area contributed by atoms with Crippen LogP contribution >= 0.6 is 27.7 Å². The van der Waals surface area contributed by atoms with E-state index in [1.165, 1.54) is 16.8 Å². The Morgan fingerprint density at radius 1 is 1.22 bits per heavy atom. The maximum absolute atomic E-state index is 13.2. The number of nitrogens with one attached hydrogen (secondary N) is 1. The van der Waals surface area contributed by atoms with Crippen molar-refractivity contribution in [2.24, 2.45) is 10.1 Å². The molecule has 0 unspecified atom stereocenters. The summed E-state index contributed by atoms with van der Waals surface area (Å²) in [5.74, 6) is 0.257. The van der Waals surface area contributed by atoms with E-state index in [0.717, 1.165) is 10.2 Å². The molecule has 0 saturated carbocycles. The summed E-state index contributed by atoms with van der Waals surface area (Å²) >= 11 is 4.78. The first-order valence-electron chi connectivity index (χ1n) is 8.37. The molecule has 2 aliphatic rings. The summed E-state index contributed by atoms with van der Waals surface area (Å²) < 4.78 is 0.884. The lowest BCUT2D eigenvalue weighted by molar-refractivity contribution is -0.115. The summed E-state index contributed by atoms with van der Waals surface area (Å²) in [6.45, 7) is 1.97. The molecule has 2 heterocycles. The molecule has 136 valence electrons. The number of carbonyl (C=O) groups excluding carboxylic acids is 2. The molecule has 1 atom stereocenters. The molecule has 0 bridgehead atoms. The summed E-state index contributed by atoms with van der Waals surface area (Å²) in [7, 11) is 0. The highest BCUT2D eigenvalue weighted by atomic mass is 79.9. The Hall–Kier alpha value is -2.45. The second-order valence-corrected chi connectivity index (χ2v) is 8.04. The van der Waals surface area contributed by atoms with Gasteiger partial charge >= 0.3 is 0 Å². The number of amidine groups is 1. The molecule has 0 spiro atoms. The van der Waals surface area contributed by atoms with Crippen LogP contribution in [0, 0.1) is 0 Å². The van der Waals surface area contributed by atoms with Crippen molar-refractivity contribution in [2.75, 3.05) is 5.75 Å². The van der Waals surface area contributed by atoms with E-state index in [1.54, 1.807) is 30.3 Å². The number of halogens is 1. The first-order chi connectivity index (χ1) is 13.1. The summed E-state index contributed by atoms with van der Waals surface area (Å²) in [6, 6.07) is 14.4. The molecular formula is C19H15BrN4O2S. The Labute approximate surface area is 168 Å². The maximum atomic E-state index is 13.2. The number of thioether (sulfide) groups is 1. The normalized spacial score (nSPS) is 18.1. The summed E-state index contributed by atoms with van der Waals surface area (Å²) in [5.41, 5.74) is 0.855. The van der Waals surface area contributed by atoms with Gasteiger partial charge in [0.2, 0.25) is 11.9 Å². The van der Waals surface area contributed by atoms with Gasteiger partial charge in [0.05, 0.1) is 5.36 Å². The highest BCUT2D eigenvalue weighted by Gasteiger charge is 2.37. The van der Waals surface area contributed by atoms with E-state index in [0.29, 0.717) is 27.0 Å². The van der Waals surface area contributed by atoms with Crippen molar-refractivity contribution >= 4 is 50.2 Å². The van der Waals surface area contributed by atoms with Crippen molar-refractivity contribution in [1.82, 2.24) is 10.3 Å². The van der Waals surface area contributed by atoms with Gasteiger partial charge in [0, 0.05) is 15.3 Å². The molecule has 0 radical (unpaired) electrons. The first-order valence-corrected chi connectivity index (χ1v) is 10.2. The van der Waals surface area contributed by atoms with Gasteiger partial charge in [0.25, 0.3) is 5.91 Å². The molecule has 1 amide bonds. The highest BCUT2D eigenvalue weighted by Crippen LogP contribution is 2.23. The van der Waals surface area contributed by atoms with Gasteiger partial charge < -0.3 is 0 Å². The second kappa shape index (κ2) is 7.28. The third-order valence-corrected chi connectivity index (χ3v) is 5.43. The molecule has 6 nitrogen and oxygen atoms in total. The van der Waals surface area contributed by atoms with Crippen LogP contribution in [0.2, 0.25) is 0 Å². The zero-order valence-corrected chi connectivity index (χ0v) is 16.8. The minimum atomic E-state index is -0.922. The predicted octanol–water partition coefficient (Wildman–Crippen LogP) is 1.86. The van der Waals surface area contributed by atoms with E-state index < -0.39 is 6.17 Å². The van der Waals surface area contributed by atoms with E-state index in [2.05, 4.69) is 31.3 Å². The number of benzene rings is 2. The summed E-state index contributed by atoms with van der Waals surface area (Å²) in [6.07, 6.45) is -0.922. The fourth-order valence-electron chi connectivity index (χ4n) is 2.96. The molecule has 0 aliphatic carbocycles. The zero-order chi connectivity index (χ0) is 19.0. The van der Waals surface area contributed by atoms with Crippen molar-refractivity contribution in [3.8, 4) is 0 Å². The number of hydrogen-bond donors (Lipinski definition) is 1. The SMILES string of the molecule is CCSC1=NN2C(=c3ccccc3=N[C@H]2C(=O)c2ccc(Br)cc2)C(=O)N1. The van der Waals surface area contributed by atoms with E-state index >= 15 is 0 Å². The van der Waals surface area contributed by atoms with Crippen LogP contribution in [0.1, 0.15) is 17.3 Å². The second-order valence-electron chi connectivity index (χ2n) is 5.88. The fourth-order valence-corrected chi connectivity index (χ4v) is 3.81. The van der Waals surface area contributed by atoms with Crippen LogP contribution < -0.4 is 15.9 Å². The van der Waals surface area contributed by atoms with Gasteiger partial charge in [0.15, 0.2) is 5.17 Å². The quantitative estimate of drug-likeness (QED) is 0.736. The molecular weight excluding hydrogens is 428 g/mol. The first kappa shape index (κ1) is 17.9. The zero-order valence-electron chi connectivity index (χ0n) is 14.3. The number of ketones is 1. The van der Waals surface area contributed by atoms with Gasteiger partial charge in [-0.15, -0.1) is 5.10 Å². The van der Waals surface area contributed by atoms with Crippen LogP contribution in [0.3, 0.4) is 0 Å². The van der Waals surface area contributed by atoms with Crippen molar-refractivity contribution in [3.05, 3.63) is 69.1 Å². The average Bonchev–Trinajstić information content (AvgIpc) is 2.67. The number of rotatable bonds is 3. The number of para-hydroxylation sites is 1. The Bertz CT molecular complexity index is 1080. The fraction of sp³-hybridized carbons (Fsp3) is 0.158.